The molecule has 0 aliphatic rings. The first kappa shape index (κ1) is 23.9. The molecule has 2 aromatic carbocycles. The maximum atomic E-state index is 14.3. The first-order valence-electron chi connectivity index (χ1n) is 8.99. The van der Waals surface area contributed by atoms with Gasteiger partial charge < -0.3 is 14.4 Å². The molecule has 6 nitrogen and oxygen atoms in total. The molecule has 2 N–H and O–H groups in total. The number of benzene rings is 2. The number of hydrogen-bond acceptors (Lipinski definition) is 5. The molecule has 0 radical (unpaired) electrons. The average molecular weight is 448 g/mol. The van der Waals surface area contributed by atoms with Crippen LogP contribution in [0.25, 0.3) is 0 Å². The van der Waals surface area contributed by atoms with Gasteiger partial charge in [0.1, 0.15) is 5.82 Å². The summed E-state index contributed by atoms with van der Waals surface area (Å²) in [6.07, 6.45) is -5.05. The van der Waals surface area contributed by atoms with Crippen LogP contribution >= 0.6 is 7.60 Å². The maximum Gasteiger partial charge on any atom is 0.484 e. The quantitative estimate of drug-likeness (QED) is 0.303. The minimum atomic E-state index is -5.05. The summed E-state index contributed by atoms with van der Waals surface area (Å²) >= 11 is 0. The number of rotatable bonds is 9. The van der Waals surface area contributed by atoms with Gasteiger partial charge in [0.15, 0.2) is 5.78 Å². The normalized spacial score (nSPS) is 13.0. The van der Waals surface area contributed by atoms with Gasteiger partial charge in [-0.1, -0.05) is 36.4 Å². The minimum Gasteiger partial charge on any atom is -0.367 e. The van der Waals surface area contributed by atoms with E-state index in [2.05, 4.69) is 5.32 Å². The summed E-state index contributed by atoms with van der Waals surface area (Å²) in [4.78, 5) is 12.1. The molecule has 30 heavy (non-hydrogen) atoms. The Morgan fingerprint density at radius 1 is 1.03 bits per heavy atom. The van der Waals surface area contributed by atoms with E-state index in [0.717, 1.165) is 11.4 Å². The zero-order valence-corrected chi connectivity index (χ0v) is 17.1. The highest BCUT2D eigenvalue weighted by Gasteiger charge is 2.39. The molecule has 0 fully saturated rings. The lowest BCUT2D eigenvalue weighted by molar-refractivity contribution is -0.146. The van der Waals surface area contributed by atoms with Gasteiger partial charge >= 0.3 is 13.9 Å². The van der Waals surface area contributed by atoms with Gasteiger partial charge in [-0.3, -0.25) is 14.7 Å². The SMILES string of the molecule is CCOP(=O)(OCC)C(Nc1cccc(F)c1C(=O)NC(F)(F)F)c1ccccc1. The molecule has 1 unspecified atom stereocenters. The van der Waals surface area contributed by atoms with Crippen molar-refractivity contribution in [3.05, 3.63) is 65.5 Å². The summed E-state index contributed by atoms with van der Waals surface area (Å²) in [6.45, 7) is 3.23. The highest BCUT2D eigenvalue weighted by Crippen LogP contribution is 2.60. The number of alkyl halides is 3. The topological polar surface area (TPSA) is 76.7 Å². The standard InChI is InChI=1S/C19H21F4N2O4P/c1-3-28-30(27,29-4-2)18(13-9-6-5-7-10-13)24-15-12-8-11-14(20)16(15)17(26)25-19(21,22)23/h5-12,18,24H,3-4H2,1-2H3,(H,25,26). The summed E-state index contributed by atoms with van der Waals surface area (Å²) in [6, 6.07) is 11.4. The van der Waals surface area contributed by atoms with Crippen LogP contribution in [0.15, 0.2) is 48.5 Å². The van der Waals surface area contributed by atoms with E-state index in [0.29, 0.717) is 5.56 Å². The Morgan fingerprint density at radius 3 is 2.17 bits per heavy atom. The first-order valence-corrected chi connectivity index (χ1v) is 10.6. The van der Waals surface area contributed by atoms with Crippen molar-refractivity contribution in [3.8, 4) is 0 Å². The molecule has 164 valence electrons. The van der Waals surface area contributed by atoms with E-state index in [-0.39, 0.29) is 18.9 Å². The van der Waals surface area contributed by atoms with Crippen LogP contribution in [0.3, 0.4) is 0 Å². The molecule has 0 aliphatic carbocycles. The minimum absolute atomic E-state index is 0.0207. The van der Waals surface area contributed by atoms with Crippen molar-refractivity contribution < 1.29 is 36.0 Å². The Balaban J connectivity index is 2.55. The fourth-order valence-electron chi connectivity index (χ4n) is 2.74. The Bertz CT molecular complexity index is 899. The highest BCUT2D eigenvalue weighted by atomic mass is 31.2. The molecule has 0 bridgehead atoms. The van der Waals surface area contributed by atoms with Gasteiger partial charge in [0.05, 0.1) is 24.5 Å². The second-order valence-corrected chi connectivity index (χ2v) is 8.06. The average Bonchev–Trinajstić information content (AvgIpc) is 2.65. The summed E-state index contributed by atoms with van der Waals surface area (Å²) in [7, 11) is -3.91. The Hall–Kier alpha value is -2.42. The highest BCUT2D eigenvalue weighted by molar-refractivity contribution is 7.54. The monoisotopic (exact) mass is 448 g/mol. The molecular weight excluding hydrogens is 427 g/mol. The number of carbonyl (C=O) groups excluding carboxylic acids is 1. The lowest BCUT2D eigenvalue weighted by atomic mass is 10.1. The van der Waals surface area contributed by atoms with Gasteiger partial charge in [-0.15, -0.1) is 0 Å². The summed E-state index contributed by atoms with van der Waals surface area (Å²) in [5, 5.41) is 3.47. The van der Waals surface area contributed by atoms with Gasteiger partial charge in [0.25, 0.3) is 5.91 Å². The molecule has 0 aromatic heterocycles. The third-order valence-corrected chi connectivity index (χ3v) is 6.13. The van der Waals surface area contributed by atoms with Crippen LogP contribution in [0.1, 0.15) is 35.6 Å². The Labute approximate surface area is 171 Å². The Kier molecular flexibility index (Phi) is 8.00. The van der Waals surface area contributed by atoms with Gasteiger partial charge in [-0.2, -0.15) is 13.2 Å². The predicted molar refractivity (Wildman–Crippen MR) is 104 cm³/mol. The van der Waals surface area contributed by atoms with Crippen molar-refractivity contribution in [3.63, 3.8) is 0 Å². The smallest absolute Gasteiger partial charge is 0.367 e. The van der Waals surface area contributed by atoms with Crippen LogP contribution in [0, 0.1) is 5.82 Å². The molecule has 2 aromatic rings. The van der Waals surface area contributed by atoms with Gasteiger partial charge in [0.2, 0.25) is 0 Å². The van der Waals surface area contributed by atoms with Crippen molar-refractivity contribution in [1.29, 1.82) is 0 Å². The number of hydrogen-bond donors (Lipinski definition) is 2. The van der Waals surface area contributed by atoms with Crippen molar-refractivity contribution in [2.75, 3.05) is 18.5 Å². The van der Waals surface area contributed by atoms with E-state index >= 15 is 0 Å². The van der Waals surface area contributed by atoms with Crippen molar-refractivity contribution >= 4 is 19.2 Å². The maximum absolute atomic E-state index is 14.3. The molecule has 1 atom stereocenters. The summed E-state index contributed by atoms with van der Waals surface area (Å²) in [5.74, 6) is -4.09. The second-order valence-electron chi connectivity index (χ2n) is 5.95. The lowest BCUT2D eigenvalue weighted by Crippen LogP contribution is -2.38. The molecule has 1 amide bonds. The van der Waals surface area contributed by atoms with Gasteiger partial charge in [-0.25, -0.2) is 4.39 Å². The molecule has 0 saturated carbocycles. The summed E-state index contributed by atoms with van der Waals surface area (Å²) < 4.78 is 76.3. The molecule has 0 heterocycles. The van der Waals surface area contributed by atoms with E-state index in [4.69, 9.17) is 9.05 Å². The largest absolute Gasteiger partial charge is 0.484 e. The number of carbonyl (C=O) groups is 1. The van der Waals surface area contributed by atoms with Crippen LogP contribution < -0.4 is 10.6 Å². The van der Waals surface area contributed by atoms with E-state index in [9.17, 15) is 26.9 Å². The molecule has 2 rings (SSSR count). The summed E-state index contributed by atoms with van der Waals surface area (Å²) in [5.41, 5.74) is -0.769. The second kappa shape index (κ2) is 10.1. The van der Waals surface area contributed by atoms with Gasteiger partial charge in [-0.05, 0) is 31.5 Å². The fraction of sp³-hybridized carbons (Fsp3) is 0.316. The van der Waals surface area contributed by atoms with Crippen LogP contribution in [0.2, 0.25) is 0 Å². The van der Waals surface area contributed by atoms with Crippen LogP contribution in [-0.4, -0.2) is 25.4 Å². The molecule has 0 spiro atoms. The number of anilines is 1. The zero-order chi connectivity index (χ0) is 22.4. The molecule has 0 saturated heterocycles. The van der Waals surface area contributed by atoms with Crippen LogP contribution in [-0.2, 0) is 13.6 Å². The molecule has 11 heteroatoms. The van der Waals surface area contributed by atoms with E-state index in [1.165, 1.54) is 12.1 Å². The first-order chi connectivity index (χ1) is 14.1. The van der Waals surface area contributed by atoms with Crippen molar-refractivity contribution in [1.82, 2.24) is 5.32 Å². The zero-order valence-electron chi connectivity index (χ0n) is 16.2. The van der Waals surface area contributed by atoms with Crippen LogP contribution in [0.5, 0.6) is 0 Å². The lowest BCUT2D eigenvalue weighted by Gasteiger charge is -2.29. The van der Waals surface area contributed by atoms with E-state index < -0.39 is 37.0 Å². The van der Waals surface area contributed by atoms with Crippen molar-refractivity contribution in [2.24, 2.45) is 0 Å². The third kappa shape index (κ3) is 6.04. The number of halogens is 4. The number of nitrogens with one attached hydrogen (secondary N) is 2. The predicted octanol–water partition coefficient (Wildman–Crippen LogP) is 5.45. The van der Waals surface area contributed by atoms with E-state index in [1.54, 1.807) is 44.2 Å². The van der Waals surface area contributed by atoms with E-state index in [1.807, 2.05) is 0 Å². The molecule has 0 aliphatic heterocycles. The fourth-order valence-corrected chi connectivity index (χ4v) is 4.67. The third-order valence-electron chi connectivity index (χ3n) is 3.84. The molecular formula is C19H21F4N2O4P. The Morgan fingerprint density at radius 2 is 1.63 bits per heavy atom. The number of amides is 1. The van der Waals surface area contributed by atoms with Gasteiger partial charge in [0, 0.05) is 0 Å². The van der Waals surface area contributed by atoms with Crippen molar-refractivity contribution in [2.45, 2.75) is 25.9 Å². The van der Waals surface area contributed by atoms with Crippen LogP contribution in [0.4, 0.5) is 23.2 Å².